The molecular formula is C13H12N4O3. The van der Waals surface area contributed by atoms with Gasteiger partial charge in [0.25, 0.3) is 11.5 Å². The molecule has 1 heterocycles. The van der Waals surface area contributed by atoms with Crippen molar-refractivity contribution in [3.05, 3.63) is 58.0 Å². The molecule has 0 bridgehead atoms. The largest absolute Gasteiger partial charge is 0.411 e. The van der Waals surface area contributed by atoms with E-state index in [0.717, 1.165) is 5.56 Å². The van der Waals surface area contributed by atoms with Gasteiger partial charge in [0, 0.05) is 11.8 Å². The van der Waals surface area contributed by atoms with Crippen molar-refractivity contribution in [2.24, 2.45) is 5.16 Å². The Hall–Kier alpha value is -2.96. The molecule has 7 nitrogen and oxygen atoms in total. The fraction of sp³-hybridized carbons (Fsp3) is 0.0769. The molecule has 2 rings (SSSR count). The van der Waals surface area contributed by atoms with Crippen LogP contribution in [0.2, 0.25) is 0 Å². The summed E-state index contributed by atoms with van der Waals surface area (Å²) in [7, 11) is 0. The third-order valence-electron chi connectivity index (χ3n) is 2.62. The molecular weight excluding hydrogens is 260 g/mol. The second-order valence-corrected chi connectivity index (χ2v) is 4.02. The van der Waals surface area contributed by atoms with Gasteiger partial charge in [-0.1, -0.05) is 17.3 Å². The van der Waals surface area contributed by atoms with Gasteiger partial charge >= 0.3 is 0 Å². The third kappa shape index (κ3) is 3.08. The molecule has 0 spiro atoms. The van der Waals surface area contributed by atoms with E-state index in [1.165, 1.54) is 12.1 Å². The van der Waals surface area contributed by atoms with E-state index in [1.54, 1.807) is 31.2 Å². The van der Waals surface area contributed by atoms with Gasteiger partial charge in [-0.25, -0.2) is 5.10 Å². The maximum absolute atomic E-state index is 11.8. The highest BCUT2D eigenvalue weighted by atomic mass is 16.4. The lowest BCUT2D eigenvalue weighted by Crippen LogP contribution is -2.17. The maximum Gasteiger partial charge on any atom is 0.276 e. The van der Waals surface area contributed by atoms with Gasteiger partial charge in [0.1, 0.15) is 5.69 Å². The molecule has 1 amide bonds. The summed E-state index contributed by atoms with van der Waals surface area (Å²) in [5.41, 5.74) is 1.53. The first-order valence-electron chi connectivity index (χ1n) is 5.76. The van der Waals surface area contributed by atoms with Gasteiger partial charge in [0.2, 0.25) is 0 Å². The molecule has 0 saturated heterocycles. The highest BCUT2D eigenvalue weighted by molar-refractivity contribution is 6.03. The lowest BCUT2D eigenvalue weighted by atomic mass is 10.1. The molecule has 0 atom stereocenters. The first kappa shape index (κ1) is 13.5. The molecule has 7 heteroatoms. The summed E-state index contributed by atoms with van der Waals surface area (Å²) in [6.45, 7) is 1.66. The van der Waals surface area contributed by atoms with Gasteiger partial charge in [-0.2, -0.15) is 5.10 Å². The highest BCUT2D eigenvalue weighted by Gasteiger charge is 2.08. The van der Waals surface area contributed by atoms with E-state index in [2.05, 4.69) is 20.7 Å². The van der Waals surface area contributed by atoms with Crippen LogP contribution in [0.15, 0.2) is 46.3 Å². The van der Waals surface area contributed by atoms with E-state index in [-0.39, 0.29) is 11.3 Å². The van der Waals surface area contributed by atoms with E-state index in [9.17, 15) is 9.59 Å². The number of oxime groups is 1. The van der Waals surface area contributed by atoms with Crippen molar-refractivity contribution >= 4 is 17.3 Å². The quantitative estimate of drug-likeness (QED) is 0.443. The third-order valence-corrected chi connectivity index (χ3v) is 2.62. The van der Waals surface area contributed by atoms with Crippen molar-refractivity contribution in [2.75, 3.05) is 5.32 Å². The van der Waals surface area contributed by atoms with Gasteiger partial charge in [-0.3, -0.25) is 9.59 Å². The normalized spacial score (nSPS) is 11.2. The van der Waals surface area contributed by atoms with Crippen LogP contribution < -0.4 is 10.9 Å². The van der Waals surface area contributed by atoms with E-state index >= 15 is 0 Å². The first-order valence-corrected chi connectivity index (χ1v) is 5.76. The number of nitrogens with one attached hydrogen (secondary N) is 2. The molecule has 3 N–H and O–H groups in total. The summed E-state index contributed by atoms with van der Waals surface area (Å²) in [5.74, 6) is -0.429. The molecule has 0 unspecified atom stereocenters. The van der Waals surface area contributed by atoms with Crippen LogP contribution >= 0.6 is 0 Å². The fourth-order valence-corrected chi connectivity index (χ4v) is 1.52. The van der Waals surface area contributed by atoms with Crippen LogP contribution in [-0.4, -0.2) is 27.0 Å². The summed E-state index contributed by atoms with van der Waals surface area (Å²) in [6.07, 6.45) is 0. The Bertz CT molecular complexity index is 684. The van der Waals surface area contributed by atoms with Gasteiger partial charge < -0.3 is 10.5 Å². The van der Waals surface area contributed by atoms with Gasteiger partial charge in [0.05, 0.1) is 5.71 Å². The van der Waals surface area contributed by atoms with Crippen molar-refractivity contribution in [1.29, 1.82) is 0 Å². The maximum atomic E-state index is 11.8. The van der Waals surface area contributed by atoms with Crippen molar-refractivity contribution in [3.8, 4) is 0 Å². The predicted molar refractivity (Wildman–Crippen MR) is 73.3 cm³/mol. The number of amides is 1. The zero-order valence-electron chi connectivity index (χ0n) is 10.6. The summed E-state index contributed by atoms with van der Waals surface area (Å²) in [6, 6.07) is 9.34. The molecule has 1 aromatic carbocycles. The van der Waals surface area contributed by atoms with Crippen LogP contribution in [-0.2, 0) is 0 Å². The number of nitrogens with zero attached hydrogens (tertiary/aromatic N) is 2. The average molecular weight is 272 g/mol. The molecule has 1 aromatic heterocycles. The number of aromatic nitrogens is 2. The SMILES string of the molecule is C/C(=N/O)c1ccc(NC(=O)c2ccc(=O)[nH]n2)cc1. The lowest BCUT2D eigenvalue weighted by molar-refractivity contribution is 0.102. The fourth-order valence-electron chi connectivity index (χ4n) is 1.52. The van der Waals surface area contributed by atoms with Gasteiger partial charge in [-0.15, -0.1) is 0 Å². The number of aromatic amines is 1. The Morgan fingerprint density at radius 2 is 1.95 bits per heavy atom. The minimum atomic E-state index is -0.429. The van der Waals surface area contributed by atoms with Crippen LogP contribution in [0.1, 0.15) is 23.0 Å². The number of rotatable bonds is 3. The molecule has 0 saturated carbocycles. The second kappa shape index (κ2) is 5.79. The Labute approximate surface area is 114 Å². The van der Waals surface area contributed by atoms with Crippen LogP contribution in [0, 0.1) is 0 Å². The smallest absolute Gasteiger partial charge is 0.276 e. The second-order valence-electron chi connectivity index (χ2n) is 4.02. The topological polar surface area (TPSA) is 107 Å². The zero-order chi connectivity index (χ0) is 14.5. The van der Waals surface area contributed by atoms with Crippen molar-refractivity contribution in [2.45, 2.75) is 6.92 Å². The molecule has 0 aliphatic rings. The monoisotopic (exact) mass is 272 g/mol. The molecule has 102 valence electrons. The van der Waals surface area contributed by atoms with E-state index < -0.39 is 5.91 Å². The van der Waals surface area contributed by atoms with Crippen molar-refractivity contribution in [1.82, 2.24) is 10.2 Å². The molecule has 0 fully saturated rings. The van der Waals surface area contributed by atoms with Crippen molar-refractivity contribution in [3.63, 3.8) is 0 Å². The summed E-state index contributed by atoms with van der Waals surface area (Å²) >= 11 is 0. The Kier molecular flexibility index (Phi) is 3.90. The van der Waals surface area contributed by atoms with Crippen LogP contribution in [0.25, 0.3) is 0 Å². The van der Waals surface area contributed by atoms with Crippen LogP contribution in [0.3, 0.4) is 0 Å². The number of hydrogen-bond acceptors (Lipinski definition) is 5. The standard InChI is InChI=1S/C13H12N4O3/c1-8(17-20)9-2-4-10(5-3-9)14-13(19)11-6-7-12(18)16-15-11/h2-7,20H,1H3,(H,14,19)(H,16,18)/b17-8-. The van der Waals surface area contributed by atoms with Crippen LogP contribution in [0.4, 0.5) is 5.69 Å². The van der Waals surface area contributed by atoms with Crippen molar-refractivity contribution < 1.29 is 10.0 Å². The number of carbonyl (C=O) groups is 1. The molecule has 0 radical (unpaired) electrons. The minimum Gasteiger partial charge on any atom is -0.411 e. The Balaban J connectivity index is 2.12. The number of benzene rings is 1. The summed E-state index contributed by atoms with van der Waals surface area (Å²) in [5, 5.41) is 20.2. The molecule has 0 aliphatic heterocycles. The zero-order valence-corrected chi connectivity index (χ0v) is 10.6. The summed E-state index contributed by atoms with van der Waals surface area (Å²) < 4.78 is 0. The molecule has 2 aromatic rings. The molecule has 0 aliphatic carbocycles. The molecule has 20 heavy (non-hydrogen) atoms. The number of anilines is 1. The highest BCUT2D eigenvalue weighted by Crippen LogP contribution is 2.11. The Morgan fingerprint density at radius 3 is 2.50 bits per heavy atom. The van der Waals surface area contributed by atoms with E-state index in [1.807, 2.05) is 0 Å². The average Bonchev–Trinajstić information content (AvgIpc) is 2.48. The van der Waals surface area contributed by atoms with E-state index in [0.29, 0.717) is 11.4 Å². The minimum absolute atomic E-state index is 0.113. The number of carbonyl (C=O) groups excluding carboxylic acids is 1. The van der Waals surface area contributed by atoms with E-state index in [4.69, 9.17) is 5.21 Å². The number of H-pyrrole nitrogens is 1. The Morgan fingerprint density at radius 1 is 1.25 bits per heavy atom. The summed E-state index contributed by atoms with van der Waals surface area (Å²) in [4.78, 5) is 22.7. The van der Waals surface area contributed by atoms with Gasteiger partial charge in [0.15, 0.2) is 0 Å². The number of hydrogen-bond donors (Lipinski definition) is 3. The van der Waals surface area contributed by atoms with Gasteiger partial charge in [-0.05, 0) is 30.7 Å². The lowest BCUT2D eigenvalue weighted by Gasteiger charge is -2.05. The predicted octanol–water partition coefficient (Wildman–Crippen LogP) is 1.22. The van der Waals surface area contributed by atoms with Crippen LogP contribution in [0.5, 0.6) is 0 Å². The first-order chi connectivity index (χ1) is 9.60.